The van der Waals surface area contributed by atoms with Crippen molar-refractivity contribution in [2.45, 2.75) is 71.4 Å². The van der Waals surface area contributed by atoms with Crippen LogP contribution in [0, 0.1) is 11.8 Å². The summed E-state index contributed by atoms with van der Waals surface area (Å²) in [6.45, 7) is 7.21. The number of nitrogens with one attached hydrogen (secondary N) is 1. The lowest BCUT2D eigenvalue weighted by Crippen LogP contribution is -2.46. The predicted octanol–water partition coefficient (Wildman–Crippen LogP) is 2.95. The minimum Gasteiger partial charge on any atom is -0.396 e. The maximum Gasteiger partial charge on any atom is 0.0445 e. The van der Waals surface area contributed by atoms with E-state index in [1.807, 2.05) is 0 Å². The minimum atomic E-state index is 0.310. The first-order chi connectivity index (χ1) is 7.69. The van der Waals surface area contributed by atoms with E-state index in [4.69, 9.17) is 5.11 Å². The van der Waals surface area contributed by atoms with Gasteiger partial charge in [-0.05, 0) is 37.5 Å². The van der Waals surface area contributed by atoms with Gasteiger partial charge in [0.1, 0.15) is 0 Å². The smallest absolute Gasteiger partial charge is 0.0445 e. The van der Waals surface area contributed by atoms with Crippen molar-refractivity contribution in [1.29, 1.82) is 0 Å². The number of rotatable bonds is 6. The average Bonchev–Trinajstić information content (AvgIpc) is 2.29. The first kappa shape index (κ1) is 14.0. The SMILES string of the molecule is CCC(CCO)NC1CCCCC1C(C)C. The molecule has 1 fully saturated rings. The maximum atomic E-state index is 9.03. The largest absolute Gasteiger partial charge is 0.396 e. The molecule has 0 radical (unpaired) electrons. The molecule has 0 saturated heterocycles. The van der Waals surface area contributed by atoms with E-state index >= 15 is 0 Å². The summed E-state index contributed by atoms with van der Waals surface area (Å²) >= 11 is 0. The van der Waals surface area contributed by atoms with Gasteiger partial charge in [-0.2, -0.15) is 0 Å². The monoisotopic (exact) mass is 227 g/mol. The molecule has 3 unspecified atom stereocenters. The fraction of sp³-hybridized carbons (Fsp3) is 1.00. The van der Waals surface area contributed by atoms with E-state index in [2.05, 4.69) is 26.1 Å². The van der Waals surface area contributed by atoms with Crippen LogP contribution in [0.4, 0.5) is 0 Å². The Hall–Kier alpha value is -0.0800. The van der Waals surface area contributed by atoms with Crippen LogP contribution in [0.3, 0.4) is 0 Å². The Balaban J connectivity index is 2.47. The zero-order chi connectivity index (χ0) is 12.0. The van der Waals surface area contributed by atoms with Crippen molar-refractivity contribution in [3.8, 4) is 0 Å². The summed E-state index contributed by atoms with van der Waals surface area (Å²) in [5.74, 6) is 1.62. The summed E-state index contributed by atoms with van der Waals surface area (Å²) in [5.41, 5.74) is 0. The molecule has 0 amide bonds. The molecule has 1 aliphatic carbocycles. The third kappa shape index (κ3) is 4.06. The zero-order valence-electron chi connectivity index (χ0n) is 11.2. The van der Waals surface area contributed by atoms with Gasteiger partial charge in [0, 0.05) is 18.7 Å². The van der Waals surface area contributed by atoms with Gasteiger partial charge in [0.15, 0.2) is 0 Å². The Labute approximate surface area is 101 Å². The number of hydrogen-bond acceptors (Lipinski definition) is 2. The van der Waals surface area contributed by atoms with Crippen LogP contribution in [0.15, 0.2) is 0 Å². The summed E-state index contributed by atoms with van der Waals surface area (Å²) in [5, 5.41) is 12.8. The van der Waals surface area contributed by atoms with Gasteiger partial charge in [-0.25, -0.2) is 0 Å². The topological polar surface area (TPSA) is 32.3 Å². The van der Waals surface area contributed by atoms with Gasteiger partial charge >= 0.3 is 0 Å². The van der Waals surface area contributed by atoms with Crippen LogP contribution in [-0.2, 0) is 0 Å². The van der Waals surface area contributed by atoms with Crippen LogP contribution in [0.25, 0.3) is 0 Å². The van der Waals surface area contributed by atoms with Crippen LogP contribution in [0.1, 0.15) is 59.3 Å². The van der Waals surface area contributed by atoms with Crippen LogP contribution < -0.4 is 5.32 Å². The molecule has 0 heterocycles. The highest BCUT2D eigenvalue weighted by molar-refractivity contribution is 4.85. The Morgan fingerprint density at radius 3 is 2.50 bits per heavy atom. The second-order valence-electron chi connectivity index (χ2n) is 5.58. The summed E-state index contributed by atoms with van der Waals surface area (Å²) in [6, 6.07) is 1.19. The molecule has 1 rings (SSSR count). The molecular formula is C14H29NO. The molecule has 0 spiro atoms. The van der Waals surface area contributed by atoms with Crippen LogP contribution in [-0.4, -0.2) is 23.8 Å². The summed E-state index contributed by atoms with van der Waals surface area (Å²) < 4.78 is 0. The fourth-order valence-corrected chi connectivity index (χ4v) is 3.03. The molecule has 2 nitrogen and oxygen atoms in total. The van der Waals surface area contributed by atoms with Gasteiger partial charge in [0.25, 0.3) is 0 Å². The second kappa shape index (κ2) is 7.29. The predicted molar refractivity (Wildman–Crippen MR) is 69.5 cm³/mol. The lowest BCUT2D eigenvalue weighted by atomic mass is 9.77. The number of aliphatic hydroxyl groups is 1. The van der Waals surface area contributed by atoms with Gasteiger partial charge in [0.2, 0.25) is 0 Å². The van der Waals surface area contributed by atoms with Crippen LogP contribution in [0.2, 0.25) is 0 Å². The highest BCUT2D eigenvalue weighted by Crippen LogP contribution is 2.30. The molecule has 2 N–H and O–H groups in total. The van der Waals surface area contributed by atoms with Crippen molar-refractivity contribution in [2.75, 3.05) is 6.61 Å². The standard InChI is InChI=1S/C14H29NO/c1-4-12(9-10-16)15-14-8-6-5-7-13(14)11(2)3/h11-16H,4-10H2,1-3H3. The summed E-state index contributed by atoms with van der Waals surface area (Å²) in [6.07, 6.45) is 7.50. The Morgan fingerprint density at radius 1 is 1.25 bits per heavy atom. The van der Waals surface area contributed by atoms with E-state index in [1.54, 1.807) is 0 Å². The molecule has 0 aromatic carbocycles. The number of hydrogen-bond donors (Lipinski definition) is 2. The van der Waals surface area contributed by atoms with Gasteiger partial charge in [-0.3, -0.25) is 0 Å². The highest BCUT2D eigenvalue weighted by atomic mass is 16.3. The minimum absolute atomic E-state index is 0.310. The van der Waals surface area contributed by atoms with Gasteiger partial charge in [-0.15, -0.1) is 0 Å². The molecule has 1 saturated carbocycles. The maximum absolute atomic E-state index is 9.03. The third-order valence-electron chi connectivity index (χ3n) is 4.10. The van der Waals surface area contributed by atoms with E-state index in [0.29, 0.717) is 18.7 Å². The highest BCUT2D eigenvalue weighted by Gasteiger charge is 2.28. The van der Waals surface area contributed by atoms with Crippen molar-refractivity contribution < 1.29 is 5.11 Å². The van der Waals surface area contributed by atoms with Crippen molar-refractivity contribution >= 4 is 0 Å². The molecule has 3 atom stereocenters. The zero-order valence-corrected chi connectivity index (χ0v) is 11.2. The second-order valence-corrected chi connectivity index (χ2v) is 5.58. The molecule has 0 bridgehead atoms. The quantitative estimate of drug-likeness (QED) is 0.731. The van der Waals surface area contributed by atoms with E-state index < -0.39 is 0 Å². The molecule has 16 heavy (non-hydrogen) atoms. The lowest BCUT2D eigenvalue weighted by molar-refractivity contribution is 0.177. The van der Waals surface area contributed by atoms with Crippen LogP contribution in [0.5, 0.6) is 0 Å². The molecule has 0 aromatic rings. The summed E-state index contributed by atoms with van der Waals surface area (Å²) in [4.78, 5) is 0. The van der Waals surface area contributed by atoms with E-state index in [1.165, 1.54) is 25.7 Å². The molecular weight excluding hydrogens is 198 g/mol. The molecule has 0 aliphatic heterocycles. The normalized spacial score (nSPS) is 28.3. The number of aliphatic hydroxyl groups excluding tert-OH is 1. The summed E-state index contributed by atoms with van der Waals surface area (Å²) in [7, 11) is 0. The van der Waals surface area contributed by atoms with Gasteiger partial charge in [-0.1, -0.05) is 33.6 Å². The van der Waals surface area contributed by atoms with E-state index in [9.17, 15) is 0 Å². The van der Waals surface area contributed by atoms with Gasteiger partial charge in [0.05, 0.1) is 0 Å². The van der Waals surface area contributed by atoms with Gasteiger partial charge < -0.3 is 10.4 Å². The average molecular weight is 227 g/mol. The van der Waals surface area contributed by atoms with E-state index in [0.717, 1.165) is 24.7 Å². The lowest BCUT2D eigenvalue weighted by Gasteiger charge is -2.37. The Morgan fingerprint density at radius 2 is 1.94 bits per heavy atom. The molecule has 2 heteroatoms. The van der Waals surface area contributed by atoms with Crippen molar-refractivity contribution in [3.05, 3.63) is 0 Å². The van der Waals surface area contributed by atoms with Crippen LogP contribution >= 0.6 is 0 Å². The molecule has 1 aliphatic rings. The first-order valence-corrected chi connectivity index (χ1v) is 7.06. The van der Waals surface area contributed by atoms with E-state index in [-0.39, 0.29) is 0 Å². The van der Waals surface area contributed by atoms with Crippen molar-refractivity contribution in [1.82, 2.24) is 5.32 Å². The molecule has 96 valence electrons. The Bertz CT molecular complexity index is 182. The van der Waals surface area contributed by atoms with Crippen molar-refractivity contribution in [2.24, 2.45) is 11.8 Å². The fourth-order valence-electron chi connectivity index (χ4n) is 3.03. The molecule has 0 aromatic heterocycles. The third-order valence-corrected chi connectivity index (χ3v) is 4.10. The first-order valence-electron chi connectivity index (χ1n) is 7.06. The van der Waals surface area contributed by atoms with Crippen molar-refractivity contribution in [3.63, 3.8) is 0 Å². The Kier molecular flexibility index (Phi) is 6.37.